The molecule has 0 aliphatic carbocycles. The van der Waals surface area contributed by atoms with Gasteiger partial charge in [0.1, 0.15) is 18.1 Å². The Kier molecular flexibility index (Phi) is 6.54. The van der Waals surface area contributed by atoms with E-state index in [-0.39, 0.29) is 11.5 Å². The van der Waals surface area contributed by atoms with Crippen molar-refractivity contribution in [2.75, 3.05) is 19.8 Å². The van der Waals surface area contributed by atoms with Gasteiger partial charge >= 0.3 is 5.97 Å². The highest BCUT2D eigenvalue weighted by Crippen LogP contribution is 2.19. The Morgan fingerprint density at radius 3 is 2.42 bits per heavy atom. The van der Waals surface area contributed by atoms with Gasteiger partial charge in [0.05, 0.1) is 6.54 Å². The lowest BCUT2D eigenvalue weighted by Crippen LogP contribution is -2.32. The summed E-state index contributed by atoms with van der Waals surface area (Å²) in [6.45, 7) is 5.00. The van der Waals surface area contributed by atoms with Gasteiger partial charge in [0.2, 0.25) is 0 Å². The number of aryl methyl sites for hydroxylation is 1. The summed E-state index contributed by atoms with van der Waals surface area (Å²) < 4.78 is 10.4. The van der Waals surface area contributed by atoms with E-state index in [1.54, 1.807) is 13.8 Å². The normalized spacial score (nSPS) is 10.3. The monoisotopic (exact) mass is 358 g/mol. The number of ether oxygens (including phenoxy) is 2. The maximum Gasteiger partial charge on any atom is 0.355 e. The summed E-state index contributed by atoms with van der Waals surface area (Å²) in [7, 11) is 0. The molecule has 1 aromatic heterocycles. The number of carbonyl (C=O) groups is 3. The van der Waals surface area contributed by atoms with Gasteiger partial charge in [-0.15, -0.1) is 0 Å². The van der Waals surface area contributed by atoms with Crippen molar-refractivity contribution in [3.8, 4) is 5.75 Å². The third-order valence-electron chi connectivity index (χ3n) is 3.76. The van der Waals surface area contributed by atoms with Gasteiger partial charge in [-0.2, -0.15) is 0 Å². The molecule has 0 aliphatic heterocycles. The van der Waals surface area contributed by atoms with Crippen molar-refractivity contribution in [3.63, 3.8) is 0 Å². The molecule has 2 N–H and O–H groups in total. The first-order chi connectivity index (χ1) is 12.4. The summed E-state index contributed by atoms with van der Waals surface area (Å²) in [6, 6.07) is 9.24. The van der Waals surface area contributed by atoms with Crippen molar-refractivity contribution in [2.45, 2.75) is 20.8 Å². The van der Waals surface area contributed by atoms with E-state index < -0.39 is 18.5 Å². The summed E-state index contributed by atoms with van der Waals surface area (Å²) in [4.78, 5) is 38.3. The van der Waals surface area contributed by atoms with Gasteiger partial charge in [-0.1, -0.05) is 18.2 Å². The van der Waals surface area contributed by atoms with Gasteiger partial charge in [0.25, 0.3) is 5.91 Å². The fourth-order valence-electron chi connectivity index (χ4n) is 2.61. The van der Waals surface area contributed by atoms with E-state index in [0.29, 0.717) is 35.7 Å². The van der Waals surface area contributed by atoms with E-state index in [0.717, 1.165) is 0 Å². The quantitative estimate of drug-likeness (QED) is 0.428. The third kappa shape index (κ3) is 4.95. The fourth-order valence-corrected chi connectivity index (χ4v) is 2.61. The third-order valence-corrected chi connectivity index (χ3v) is 3.76. The molecule has 2 aromatic rings. The van der Waals surface area contributed by atoms with E-state index in [1.807, 2.05) is 30.3 Å². The Bertz CT molecular complexity index is 796. The molecule has 1 aromatic carbocycles. The molecule has 138 valence electrons. The number of Topliss-reactive ketones (excluding diaryl/α,β-unsaturated/α-hetero) is 1. The molecule has 0 atom stereocenters. The van der Waals surface area contributed by atoms with Crippen LogP contribution in [0, 0.1) is 13.8 Å². The van der Waals surface area contributed by atoms with Crippen molar-refractivity contribution >= 4 is 17.7 Å². The van der Waals surface area contributed by atoms with E-state index in [4.69, 9.17) is 9.47 Å². The second-order valence-electron chi connectivity index (χ2n) is 5.77. The summed E-state index contributed by atoms with van der Waals surface area (Å²) >= 11 is 0. The van der Waals surface area contributed by atoms with E-state index in [1.165, 1.54) is 6.92 Å². The van der Waals surface area contributed by atoms with Crippen LogP contribution in [0.3, 0.4) is 0 Å². The topological polar surface area (TPSA) is 97.5 Å². The van der Waals surface area contributed by atoms with Crippen LogP contribution < -0.4 is 10.1 Å². The van der Waals surface area contributed by atoms with E-state index in [9.17, 15) is 14.4 Å². The van der Waals surface area contributed by atoms with Crippen molar-refractivity contribution in [1.82, 2.24) is 10.3 Å². The molecule has 0 bridgehead atoms. The molecule has 0 aliphatic rings. The van der Waals surface area contributed by atoms with Crippen LogP contribution in [-0.4, -0.2) is 42.4 Å². The second-order valence-corrected chi connectivity index (χ2v) is 5.77. The molecule has 2 rings (SSSR count). The van der Waals surface area contributed by atoms with Crippen LogP contribution >= 0.6 is 0 Å². The van der Waals surface area contributed by atoms with Crippen LogP contribution in [0.25, 0.3) is 0 Å². The van der Waals surface area contributed by atoms with Gasteiger partial charge < -0.3 is 19.8 Å². The largest absolute Gasteiger partial charge is 0.492 e. The summed E-state index contributed by atoms with van der Waals surface area (Å²) in [5.74, 6) is -0.518. The van der Waals surface area contributed by atoms with Crippen molar-refractivity contribution in [2.24, 2.45) is 0 Å². The number of H-pyrrole nitrogens is 1. The number of rotatable bonds is 8. The molecule has 0 saturated carbocycles. The molecule has 0 saturated heterocycles. The highest BCUT2D eigenvalue weighted by atomic mass is 16.5. The molecule has 0 fully saturated rings. The Morgan fingerprint density at radius 1 is 1.12 bits per heavy atom. The molecule has 7 heteroatoms. The number of hydrogen-bond acceptors (Lipinski definition) is 5. The average Bonchev–Trinajstić information content (AvgIpc) is 2.92. The van der Waals surface area contributed by atoms with Crippen molar-refractivity contribution in [1.29, 1.82) is 0 Å². The SMILES string of the molecule is CC(=O)c1c(C)[nH]c(C(=O)OCC(=O)NCCOc2ccccc2)c1C. The first kappa shape index (κ1) is 19.2. The zero-order valence-electron chi connectivity index (χ0n) is 15.0. The molecule has 1 heterocycles. The van der Waals surface area contributed by atoms with Gasteiger partial charge in [-0.3, -0.25) is 9.59 Å². The molecule has 0 spiro atoms. The second kappa shape index (κ2) is 8.84. The van der Waals surface area contributed by atoms with Crippen LogP contribution in [0.2, 0.25) is 0 Å². The van der Waals surface area contributed by atoms with Crippen molar-refractivity contribution in [3.05, 3.63) is 52.8 Å². The predicted molar refractivity (Wildman–Crippen MR) is 95.5 cm³/mol. The summed E-state index contributed by atoms with van der Waals surface area (Å²) in [5.41, 5.74) is 1.79. The molecule has 7 nitrogen and oxygen atoms in total. The number of aromatic nitrogens is 1. The Balaban J connectivity index is 1.76. The maximum absolute atomic E-state index is 12.1. The van der Waals surface area contributed by atoms with Crippen LogP contribution in [0.5, 0.6) is 5.75 Å². The van der Waals surface area contributed by atoms with Gasteiger partial charge in [0, 0.05) is 11.3 Å². The maximum atomic E-state index is 12.1. The smallest absolute Gasteiger partial charge is 0.355 e. The lowest BCUT2D eigenvalue weighted by Gasteiger charge is -2.08. The van der Waals surface area contributed by atoms with Crippen LogP contribution in [0.15, 0.2) is 30.3 Å². The minimum absolute atomic E-state index is 0.133. The number of benzene rings is 1. The number of carbonyl (C=O) groups excluding carboxylic acids is 3. The van der Waals surface area contributed by atoms with Gasteiger partial charge in [-0.05, 0) is 38.5 Å². The molecular formula is C19H22N2O5. The number of hydrogen-bond donors (Lipinski definition) is 2. The number of para-hydroxylation sites is 1. The van der Waals surface area contributed by atoms with Crippen LogP contribution in [0.1, 0.15) is 39.0 Å². The Labute approximate surface area is 151 Å². The molecule has 1 amide bonds. The highest BCUT2D eigenvalue weighted by molar-refractivity contribution is 6.01. The lowest BCUT2D eigenvalue weighted by molar-refractivity contribution is -0.124. The molecule has 0 unspecified atom stereocenters. The van der Waals surface area contributed by atoms with Crippen LogP contribution in [0.4, 0.5) is 0 Å². The highest BCUT2D eigenvalue weighted by Gasteiger charge is 2.21. The standard InChI is InChI=1S/C19H22N2O5/c1-12-17(14(3)22)13(2)21-18(12)19(24)26-11-16(23)20-9-10-25-15-7-5-4-6-8-15/h4-8,21H,9-11H2,1-3H3,(H,20,23). The minimum atomic E-state index is -0.672. The number of ketones is 1. The number of esters is 1. The fraction of sp³-hybridized carbons (Fsp3) is 0.316. The predicted octanol–water partition coefficient (Wildman–Crippen LogP) is 2.19. The first-order valence-electron chi connectivity index (χ1n) is 8.22. The first-order valence-corrected chi connectivity index (χ1v) is 8.22. The van der Waals surface area contributed by atoms with Crippen molar-refractivity contribution < 1.29 is 23.9 Å². The Morgan fingerprint density at radius 2 is 1.81 bits per heavy atom. The number of aromatic amines is 1. The molecule has 0 radical (unpaired) electrons. The lowest BCUT2D eigenvalue weighted by atomic mass is 10.1. The zero-order chi connectivity index (χ0) is 19.1. The Hall–Kier alpha value is -3.09. The minimum Gasteiger partial charge on any atom is -0.492 e. The van der Waals surface area contributed by atoms with E-state index in [2.05, 4.69) is 10.3 Å². The summed E-state index contributed by atoms with van der Waals surface area (Å²) in [5, 5.41) is 2.60. The summed E-state index contributed by atoms with van der Waals surface area (Å²) in [6.07, 6.45) is 0. The van der Waals surface area contributed by atoms with Crippen LogP contribution in [-0.2, 0) is 9.53 Å². The molecular weight excluding hydrogens is 336 g/mol. The van der Waals surface area contributed by atoms with Gasteiger partial charge in [-0.25, -0.2) is 4.79 Å². The number of amides is 1. The van der Waals surface area contributed by atoms with E-state index >= 15 is 0 Å². The zero-order valence-corrected chi connectivity index (χ0v) is 15.0. The molecule has 26 heavy (non-hydrogen) atoms. The number of nitrogens with one attached hydrogen (secondary N) is 2. The van der Waals surface area contributed by atoms with Gasteiger partial charge in [0.15, 0.2) is 12.4 Å². The average molecular weight is 358 g/mol.